The van der Waals surface area contributed by atoms with Crippen molar-refractivity contribution in [3.8, 4) is 0 Å². The molecule has 0 amide bonds. The Morgan fingerprint density at radius 3 is 2.72 bits per heavy atom. The van der Waals surface area contributed by atoms with Crippen LogP contribution in [-0.2, 0) is 0 Å². The fourth-order valence-corrected chi connectivity index (χ4v) is 6.87. The third-order valence-corrected chi connectivity index (χ3v) is 9.20. The molecule has 0 aromatic carbocycles. The van der Waals surface area contributed by atoms with Gasteiger partial charge in [-0.3, -0.25) is 0 Å². The highest BCUT2D eigenvalue weighted by Gasteiger charge is 2.50. The first kappa shape index (κ1) is 23.2. The average molecular weight is 417 g/mol. The lowest BCUT2D eigenvalue weighted by atomic mass is 9.60. The Labute approximate surface area is 185 Å². The number of hydrogen-bond acceptors (Lipinski definition) is 2. The van der Waals surface area contributed by atoms with Crippen LogP contribution in [0.25, 0.3) is 0 Å². The fraction of sp³-hybridized carbons (Fsp3) is 0.778. The van der Waals surface area contributed by atoms with Crippen LogP contribution in [-0.4, -0.2) is 17.0 Å². The minimum atomic E-state index is -0.177. The van der Waals surface area contributed by atoms with Crippen molar-refractivity contribution < 1.29 is 5.11 Å². The van der Waals surface area contributed by atoms with Crippen molar-refractivity contribution in [2.24, 2.45) is 29.1 Å². The highest BCUT2D eigenvalue weighted by Crippen LogP contribution is 2.59. The molecule has 0 spiro atoms. The second-order valence-corrected chi connectivity index (χ2v) is 11.1. The zero-order valence-corrected chi connectivity index (χ0v) is 20.0. The molecule has 1 nitrogen and oxygen atoms in total. The van der Waals surface area contributed by atoms with Crippen LogP contribution in [0.5, 0.6) is 0 Å². The number of aliphatic hydroxyl groups excluding tert-OH is 1. The molecule has 0 aromatic heterocycles. The predicted molar refractivity (Wildman–Crippen MR) is 129 cm³/mol. The molecule has 0 radical (unpaired) electrons. The quantitative estimate of drug-likeness (QED) is 0.411. The predicted octanol–water partition coefficient (Wildman–Crippen LogP) is 7.53. The van der Waals surface area contributed by atoms with E-state index in [0.717, 1.165) is 48.7 Å². The number of aliphatic hydroxyl groups is 1. The monoisotopic (exact) mass is 416 g/mol. The summed E-state index contributed by atoms with van der Waals surface area (Å²) in [5.41, 5.74) is 4.68. The van der Waals surface area contributed by atoms with Crippen LogP contribution >= 0.6 is 12.6 Å². The van der Waals surface area contributed by atoms with Gasteiger partial charge in [0.1, 0.15) is 0 Å². The molecule has 1 unspecified atom stereocenters. The Kier molecular flexibility index (Phi) is 8.18. The molecule has 0 aromatic rings. The molecule has 0 heterocycles. The summed E-state index contributed by atoms with van der Waals surface area (Å²) in [5.74, 6) is 4.25. The van der Waals surface area contributed by atoms with Gasteiger partial charge in [0.2, 0.25) is 0 Å². The third-order valence-electron chi connectivity index (χ3n) is 8.58. The lowest BCUT2D eigenvalue weighted by Crippen LogP contribution is -2.36. The number of thiol groups is 1. The normalized spacial score (nSPS) is 37.7. The van der Waals surface area contributed by atoms with E-state index >= 15 is 0 Å². The summed E-state index contributed by atoms with van der Waals surface area (Å²) in [6.45, 7) is 11.7. The largest absolute Gasteiger partial charge is 0.393 e. The summed E-state index contributed by atoms with van der Waals surface area (Å²) < 4.78 is 0. The fourth-order valence-electron chi connectivity index (χ4n) is 6.69. The highest BCUT2D eigenvalue weighted by atomic mass is 32.1. The first-order valence-electron chi connectivity index (χ1n) is 12.2. The van der Waals surface area contributed by atoms with Crippen molar-refractivity contribution in [1.82, 2.24) is 0 Å². The maximum atomic E-state index is 10.0. The van der Waals surface area contributed by atoms with E-state index in [-0.39, 0.29) is 6.10 Å². The Balaban J connectivity index is 1.67. The van der Waals surface area contributed by atoms with Crippen molar-refractivity contribution in [2.75, 3.05) is 5.75 Å². The smallest absolute Gasteiger partial charge is 0.0583 e. The first-order valence-corrected chi connectivity index (χ1v) is 12.8. The van der Waals surface area contributed by atoms with E-state index < -0.39 is 0 Å². The van der Waals surface area contributed by atoms with Crippen LogP contribution < -0.4 is 0 Å². The number of rotatable bonds is 7. The molecule has 3 fully saturated rings. The van der Waals surface area contributed by atoms with Crippen LogP contribution in [0.4, 0.5) is 0 Å². The lowest BCUT2D eigenvalue weighted by Gasteiger charge is -2.44. The number of allylic oxidation sites excluding steroid dienone is 4. The van der Waals surface area contributed by atoms with E-state index in [0.29, 0.717) is 5.41 Å². The first-order chi connectivity index (χ1) is 13.8. The zero-order valence-electron chi connectivity index (χ0n) is 19.1. The van der Waals surface area contributed by atoms with Gasteiger partial charge in [-0.25, -0.2) is 0 Å². The van der Waals surface area contributed by atoms with Crippen LogP contribution in [0, 0.1) is 29.1 Å². The van der Waals surface area contributed by atoms with Crippen LogP contribution in [0.3, 0.4) is 0 Å². The van der Waals surface area contributed by atoms with E-state index in [1.807, 2.05) is 0 Å². The Hall–Kier alpha value is -0.470. The van der Waals surface area contributed by atoms with Crippen molar-refractivity contribution in [3.05, 3.63) is 35.5 Å². The van der Waals surface area contributed by atoms with Gasteiger partial charge in [-0.05, 0) is 98.2 Å². The second kappa shape index (κ2) is 10.2. The molecular formula is C27H44OS. The summed E-state index contributed by atoms with van der Waals surface area (Å²) >= 11 is 4.45. The van der Waals surface area contributed by atoms with Crippen molar-refractivity contribution in [1.29, 1.82) is 0 Å². The van der Waals surface area contributed by atoms with Gasteiger partial charge in [0.05, 0.1) is 6.10 Å². The van der Waals surface area contributed by atoms with E-state index in [2.05, 4.69) is 52.1 Å². The van der Waals surface area contributed by atoms with E-state index in [1.165, 1.54) is 62.5 Å². The number of fused-ring (bicyclic) bond motifs is 1. The maximum Gasteiger partial charge on any atom is 0.0583 e. The summed E-state index contributed by atoms with van der Waals surface area (Å²) in [6.07, 6.45) is 18.0. The molecule has 3 rings (SSSR count). The molecule has 29 heavy (non-hydrogen) atoms. The molecule has 6 atom stereocenters. The van der Waals surface area contributed by atoms with Crippen LogP contribution in [0.2, 0.25) is 0 Å². The van der Waals surface area contributed by atoms with Gasteiger partial charge < -0.3 is 5.11 Å². The molecule has 0 bridgehead atoms. The molecule has 0 aliphatic heterocycles. The molecule has 3 aliphatic rings. The van der Waals surface area contributed by atoms with E-state index in [4.69, 9.17) is 0 Å². The molecule has 1 N–H and O–H groups in total. The van der Waals surface area contributed by atoms with Gasteiger partial charge in [0.15, 0.2) is 0 Å². The summed E-state index contributed by atoms with van der Waals surface area (Å²) in [5, 5.41) is 10.0. The van der Waals surface area contributed by atoms with Crippen molar-refractivity contribution in [3.63, 3.8) is 0 Å². The molecule has 3 aliphatic carbocycles. The Bertz CT molecular complexity index is 632. The van der Waals surface area contributed by atoms with Gasteiger partial charge >= 0.3 is 0 Å². The molecular weight excluding hydrogens is 372 g/mol. The van der Waals surface area contributed by atoms with Crippen LogP contribution in [0.15, 0.2) is 35.5 Å². The highest BCUT2D eigenvalue weighted by molar-refractivity contribution is 7.80. The summed E-state index contributed by atoms with van der Waals surface area (Å²) in [6, 6.07) is 0. The third kappa shape index (κ3) is 5.42. The Morgan fingerprint density at radius 1 is 1.17 bits per heavy atom. The second-order valence-electron chi connectivity index (χ2n) is 10.7. The van der Waals surface area contributed by atoms with E-state index in [1.54, 1.807) is 5.57 Å². The molecule has 2 heteroatoms. The van der Waals surface area contributed by atoms with Crippen LogP contribution in [0.1, 0.15) is 91.4 Å². The standard InChI is InChI=1S/C27H44OS/c1-19(18-29)7-5-8-21(3)25-14-15-26-22(9-6-16-27(25,26)4)11-12-23-17-24(28)13-10-20(23)2/h11-12,19,21,24-26,28-29H,2,5-10,13-18H2,1,3-4H3/b22-11+,23-12+/t19?,21-,24+,25-,26+,27-/m1/s1. The molecule has 3 saturated carbocycles. The molecule has 0 saturated heterocycles. The van der Waals surface area contributed by atoms with Gasteiger partial charge in [-0.2, -0.15) is 12.6 Å². The molecule has 164 valence electrons. The van der Waals surface area contributed by atoms with Gasteiger partial charge in [0, 0.05) is 0 Å². The average Bonchev–Trinajstić information content (AvgIpc) is 3.06. The zero-order chi connectivity index (χ0) is 21.0. The SMILES string of the molecule is C=C1CC[C@H](O)C/C1=C\C=C1/CCC[C@]2(C)[C@@H]([C@H](C)CCCC(C)CS)CC[C@@H]12. The minimum absolute atomic E-state index is 0.177. The minimum Gasteiger partial charge on any atom is -0.393 e. The number of hydrogen-bond donors (Lipinski definition) is 2. The van der Waals surface area contributed by atoms with Gasteiger partial charge in [-0.15, -0.1) is 0 Å². The van der Waals surface area contributed by atoms with Crippen molar-refractivity contribution >= 4 is 12.6 Å². The Morgan fingerprint density at radius 2 is 1.97 bits per heavy atom. The van der Waals surface area contributed by atoms with Crippen molar-refractivity contribution in [2.45, 2.75) is 97.5 Å². The maximum absolute atomic E-state index is 10.0. The van der Waals surface area contributed by atoms with Gasteiger partial charge in [-0.1, -0.05) is 63.5 Å². The summed E-state index contributed by atoms with van der Waals surface area (Å²) in [4.78, 5) is 0. The van der Waals surface area contributed by atoms with E-state index in [9.17, 15) is 5.11 Å². The van der Waals surface area contributed by atoms with Gasteiger partial charge in [0.25, 0.3) is 0 Å². The topological polar surface area (TPSA) is 20.2 Å². The lowest BCUT2D eigenvalue weighted by molar-refractivity contribution is 0.0929. The summed E-state index contributed by atoms with van der Waals surface area (Å²) in [7, 11) is 0.